The number of rotatable bonds is 3. The molecule has 0 fully saturated rings. The van der Waals surface area contributed by atoms with E-state index < -0.39 is 0 Å². The Labute approximate surface area is 87.9 Å². The molecule has 0 saturated heterocycles. The first kappa shape index (κ1) is 9.79. The standard InChI is InChI=1S/C10H13N5/c1-15(7-6-11)10-12-8-4-2-3-5-9(8)13-14-10/h2-5H,6-7,11H2,1H3. The number of nitrogens with zero attached hydrogens (tertiary/aromatic N) is 4. The number of anilines is 1. The first-order valence-corrected chi connectivity index (χ1v) is 4.82. The summed E-state index contributed by atoms with van der Waals surface area (Å²) in [6, 6.07) is 7.66. The lowest BCUT2D eigenvalue weighted by Gasteiger charge is -2.14. The van der Waals surface area contributed by atoms with Gasteiger partial charge in [0.1, 0.15) is 5.52 Å². The Morgan fingerprint density at radius 3 is 2.67 bits per heavy atom. The summed E-state index contributed by atoms with van der Waals surface area (Å²) in [6.45, 7) is 1.30. The van der Waals surface area contributed by atoms with Gasteiger partial charge in [0, 0.05) is 20.1 Å². The summed E-state index contributed by atoms with van der Waals surface area (Å²) in [5.74, 6) is 0.610. The highest BCUT2D eigenvalue weighted by atomic mass is 15.3. The summed E-state index contributed by atoms with van der Waals surface area (Å²) < 4.78 is 0. The van der Waals surface area contributed by atoms with Gasteiger partial charge in [0.2, 0.25) is 5.95 Å². The molecule has 0 aliphatic carbocycles. The molecule has 0 unspecified atom stereocenters. The van der Waals surface area contributed by atoms with Crippen molar-refractivity contribution in [3.63, 3.8) is 0 Å². The van der Waals surface area contributed by atoms with Crippen LogP contribution in [0.25, 0.3) is 11.0 Å². The van der Waals surface area contributed by atoms with Crippen LogP contribution in [0, 0.1) is 0 Å². The molecule has 2 aromatic rings. The Morgan fingerprint density at radius 1 is 1.20 bits per heavy atom. The van der Waals surface area contributed by atoms with Crippen molar-refractivity contribution in [2.45, 2.75) is 0 Å². The number of fused-ring (bicyclic) bond motifs is 1. The molecule has 0 bridgehead atoms. The van der Waals surface area contributed by atoms with Gasteiger partial charge in [-0.2, -0.15) is 0 Å². The fourth-order valence-corrected chi connectivity index (χ4v) is 1.33. The molecule has 0 aliphatic heterocycles. The number of aromatic nitrogens is 3. The number of likely N-dealkylation sites (N-methyl/N-ethyl adjacent to an activating group) is 1. The predicted molar refractivity (Wildman–Crippen MR) is 59.7 cm³/mol. The first-order valence-electron chi connectivity index (χ1n) is 4.82. The maximum Gasteiger partial charge on any atom is 0.245 e. The van der Waals surface area contributed by atoms with Crippen LogP contribution in [0.2, 0.25) is 0 Å². The first-order chi connectivity index (χ1) is 7.31. The number of benzene rings is 1. The van der Waals surface area contributed by atoms with Crippen LogP contribution >= 0.6 is 0 Å². The second-order valence-electron chi connectivity index (χ2n) is 3.31. The van der Waals surface area contributed by atoms with Crippen molar-refractivity contribution < 1.29 is 0 Å². The van der Waals surface area contributed by atoms with Gasteiger partial charge in [0.15, 0.2) is 0 Å². The normalized spacial score (nSPS) is 10.5. The third-order valence-corrected chi connectivity index (χ3v) is 2.16. The molecule has 0 aliphatic rings. The lowest BCUT2D eigenvalue weighted by atomic mass is 10.3. The molecule has 2 N–H and O–H groups in total. The third-order valence-electron chi connectivity index (χ3n) is 2.16. The van der Waals surface area contributed by atoms with Gasteiger partial charge in [-0.3, -0.25) is 0 Å². The highest BCUT2D eigenvalue weighted by molar-refractivity contribution is 5.74. The van der Waals surface area contributed by atoms with Crippen molar-refractivity contribution in [1.29, 1.82) is 0 Å². The molecule has 2 rings (SSSR count). The molecule has 1 aromatic heterocycles. The Morgan fingerprint density at radius 2 is 1.93 bits per heavy atom. The van der Waals surface area contributed by atoms with Gasteiger partial charge in [-0.25, -0.2) is 4.98 Å². The van der Waals surface area contributed by atoms with Crippen LogP contribution in [0.4, 0.5) is 5.95 Å². The monoisotopic (exact) mass is 203 g/mol. The van der Waals surface area contributed by atoms with Crippen molar-refractivity contribution in [1.82, 2.24) is 15.2 Å². The van der Waals surface area contributed by atoms with E-state index in [0.29, 0.717) is 12.5 Å². The van der Waals surface area contributed by atoms with Crippen molar-refractivity contribution in [3.8, 4) is 0 Å². The van der Waals surface area contributed by atoms with Gasteiger partial charge in [-0.05, 0) is 12.1 Å². The summed E-state index contributed by atoms with van der Waals surface area (Å²) >= 11 is 0. The van der Waals surface area contributed by atoms with Crippen LogP contribution in [0.15, 0.2) is 24.3 Å². The van der Waals surface area contributed by atoms with Gasteiger partial charge < -0.3 is 10.6 Å². The molecular formula is C10H13N5. The average Bonchev–Trinajstić information content (AvgIpc) is 2.29. The fourth-order valence-electron chi connectivity index (χ4n) is 1.33. The van der Waals surface area contributed by atoms with E-state index in [0.717, 1.165) is 17.6 Å². The minimum Gasteiger partial charge on any atom is -0.341 e. The van der Waals surface area contributed by atoms with E-state index in [4.69, 9.17) is 5.73 Å². The summed E-state index contributed by atoms with van der Waals surface area (Å²) in [5, 5.41) is 8.12. The molecule has 78 valence electrons. The van der Waals surface area contributed by atoms with Gasteiger partial charge in [-0.1, -0.05) is 12.1 Å². The molecule has 0 amide bonds. The van der Waals surface area contributed by atoms with E-state index >= 15 is 0 Å². The lowest BCUT2D eigenvalue weighted by molar-refractivity contribution is 0.830. The van der Waals surface area contributed by atoms with Crippen LogP contribution in [-0.2, 0) is 0 Å². The number of para-hydroxylation sites is 1. The van der Waals surface area contributed by atoms with E-state index in [1.807, 2.05) is 36.2 Å². The summed E-state index contributed by atoms with van der Waals surface area (Å²) in [5.41, 5.74) is 7.12. The molecule has 0 spiro atoms. The molecule has 0 atom stereocenters. The highest BCUT2D eigenvalue weighted by Gasteiger charge is 2.04. The molecule has 5 heteroatoms. The molecule has 5 nitrogen and oxygen atoms in total. The molecule has 15 heavy (non-hydrogen) atoms. The van der Waals surface area contributed by atoms with Crippen LogP contribution in [0.5, 0.6) is 0 Å². The minimum absolute atomic E-state index is 0.576. The quantitative estimate of drug-likeness (QED) is 0.783. The minimum atomic E-state index is 0.576. The Kier molecular flexibility index (Phi) is 2.73. The van der Waals surface area contributed by atoms with E-state index in [-0.39, 0.29) is 0 Å². The van der Waals surface area contributed by atoms with Crippen molar-refractivity contribution >= 4 is 17.0 Å². The Balaban J connectivity index is 2.38. The molecule has 0 saturated carbocycles. The molecular weight excluding hydrogens is 190 g/mol. The second-order valence-corrected chi connectivity index (χ2v) is 3.31. The van der Waals surface area contributed by atoms with Gasteiger partial charge in [-0.15, -0.1) is 10.2 Å². The number of hydrogen-bond acceptors (Lipinski definition) is 5. The van der Waals surface area contributed by atoms with Crippen LogP contribution in [-0.4, -0.2) is 35.3 Å². The smallest absolute Gasteiger partial charge is 0.245 e. The zero-order valence-electron chi connectivity index (χ0n) is 8.59. The summed E-state index contributed by atoms with van der Waals surface area (Å²) in [4.78, 5) is 6.28. The van der Waals surface area contributed by atoms with E-state index in [1.54, 1.807) is 0 Å². The SMILES string of the molecule is CN(CCN)c1nnc2ccccc2n1. The zero-order chi connectivity index (χ0) is 10.7. The summed E-state index contributed by atoms with van der Waals surface area (Å²) in [7, 11) is 1.90. The van der Waals surface area contributed by atoms with Gasteiger partial charge in [0.05, 0.1) is 5.52 Å². The predicted octanol–water partition coefficient (Wildman–Crippen LogP) is 0.420. The van der Waals surface area contributed by atoms with Crippen LogP contribution in [0.1, 0.15) is 0 Å². The van der Waals surface area contributed by atoms with Crippen molar-refractivity contribution in [3.05, 3.63) is 24.3 Å². The number of nitrogens with two attached hydrogens (primary N) is 1. The Bertz CT molecular complexity index is 456. The molecule has 1 heterocycles. The fraction of sp³-hybridized carbons (Fsp3) is 0.300. The highest BCUT2D eigenvalue weighted by Crippen LogP contribution is 2.10. The van der Waals surface area contributed by atoms with Crippen molar-refractivity contribution in [2.75, 3.05) is 25.0 Å². The van der Waals surface area contributed by atoms with E-state index in [2.05, 4.69) is 15.2 Å². The van der Waals surface area contributed by atoms with E-state index in [9.17, 15) is 0 Å². The van der Waals surface area contributed by atoms with Crippen molar-refractivity contribution in [2.24, 2.45) is 5.73 Å². The van der Waals surface area contributed by atoms with E-state index in [1.165, 1.54) is 0 Å². The topological polar surface area (TPSA) is 67.9 Å². The van der Waals surface area contributed by atoms with Gasteiger partial charge >= 0.3 is 0 Å². The largest absolute Gasteiger partial charge is 0.341 e. The van der Waals surface area contributed by atoms with Crippen LogP contribution in [0.3, 0.4) is 0 Å². The third kappa shape index (κ3) is 2.02. The summed E-state index contributed by atoms with van der Waals surface area (Å²) in [6.07, 6.45) is 0. The Hall–Kier alpha value is -1.75. The molecule has 0 radical (unpaired) electrons. The second kappa shape index (κ2) is 4.18. The average molecular weight is 203 g/mol. The van der Waals surface area contributed by atoms with Crippen LogP contribution < -0.4 is 10.6 Å². The zero-order valence-corrected chi connectivity index (χ0v) is 8.59. The maximum atomic E-state index is 5.46. The van der Waals surface area contributed by atoms with Gasteiger partial charge in [0.25, 0.3) is 0 Å². The number of hydrogen-bond donors (Lipinski definition) is 1. The maximum absolute atomic E-state index is 5.46. The lowest BCUT2D eigenvalue weighted by Crippen LogP contribution is -2.26. The molecule has 1 aromatic carbocycles.